The van der Waals surface area contributed by atoms with E-state index < -0.39 is 4.45 Å². The van der Waals surface area contributed by atoms with E-state index >= 15 is 0 Å². The zero-order valence-electron chi connectivity index (χ0n) is 11.0. The lowest BCUT2D eigenvalue weighted by molar-refractivity contribution is 0.267. The Hall–Kier alpha value is -1.30. The molecule has 4 N–H and O–H groups in total. The molecule has 0 aromatic heterocycles. The maximum atomic E-state index is 5.54. The van der Waals surface area contributed by atoms with E-state index in [4.69, 9.17) is 10.6 Å². The quantitative estimate of drug-likeness (QED) is 0.345. The Morgan fingerprint density at radius 1 is 1.32 bits per heavy atom. The van der Waals surface area contributed by atoms with Crippen LogP contribution < -0.4 is 16.6 Å². The minimum absolute atomic E-state index is 0.438. The van der Waals surface area contributed by atoms with Crippen molar-refractivity contribution < 1.29 is 4.74 Å². The Morgan fingerprint density at radius 2 is 2.00 bits per heavy atom. The number of rotatable bonds is 4. The van der Waals surface area contributed by atoms with Gasteiger partial charge in [-0.1, -0.05) is 40.2 Å². The van der Waals surface area contributed by atoms with Gasteiger partial charge in [0.05, 0.1) is 7.11 Å². The average molecular weight is 324 g/mol. The predicted octanol–water partition coefficient (Wildman–Crippen LogP) is 2.60. The van der Waals surface area contributed by atoms with Crippen molar-refractivity contribution in [3.8, 4) is 0 Å². The third-order valence-corrected chi connectivity index (χ3v) is 3.98. The van der Waals surface area contributed by atoms with Gasteiger partial charge in [0, 0.05) is 24.7 Å². The van der Waals surface area contributed by atoms with Gasteiger partial charge in [-0.05, 0) is 17.7 Å². The smallest absolute Gasteiger partial charge is 0.112 e. The predicted molar refractivity (Wildman–Crippen MR) is 82.7 cm³/mol. The molecular weight excluding hydrogens is 306 g/mol. The summed E-state index contributed by atoms with van der Waals surface area (Å²) in [6, 6.07) is 8.23. The molecule has 0 spiro atoms. The minimum atomic E-state index is -0.438. The third kappa shape index (κ3) is 3.00. The van der Waals surface area contributed by atoms with Crippen LogP contribution in [0.3, 0.4) is 0 Å². The molecule has 0 saturated carbocycles. The molecule has 1 unspecified atom stereocenters. The van der Waals surface area contributed by atoms with Crippen LogP contribution in [0.15, 0.2) is 42.2 Å². The van der Waals surface area contributed by atoms with Crippen LogP contribution in [0.1, 0.15) is 12.0 Å². The lowest BCUT2D eigenvalue weighted by Gasteiger charge is -2.28. The maximum Gasteiger partial charge on any atom is 0.112 e. The first-order chi connectivity index (χ1) is 9.11. The zero-order valence-corrected chi connectivity index (χ0v) is 12.6. The van der Waals surface area contributed by atoms with Crippen LogP contribution in [-0.4, -0.2) is 18.6 Å². The van der Waals surface area contributed by atoms with Crippen molar-refractivity contribution in [3.05, 3.63) is 47.7 Å². The van der Waals surface area contributed by atoms with Crippen LogP contribution in [0.2, 0.25) is 0 Å². The van der Waals surface area contributed by atoms with Crippen LogP contribution in [0.4, 0.5) is 5.69 Å². The number of nitrogens with two attached hydrogens (primary N) is 1. The summed E-state index contributed by atoms with van der Waals surface area (Å²) in [5.74, 6) is 6.44. The second kappa shape index (κ2) is 5.77. The summed E-state index contributed by atoms with van der Waals surface area (Å²) < 4.78 is 5.06. The average Bonchev–Trinajstić information content (AvgIpc) is 2.47. The molecule has 5 heteroatoms. The number of hydrogen-bond acceptors (Lipinski definition) is 4. The van der Waals surface area contributed by atoms with Gasteiger partial charge in [0.1, 0.15) is 10.2 Å². The number of anilines is 1. The fraction of sp³-hybridized carbons (Fsp3) is 0.286. The van der Waals surface area contributed by atoms with E-state index in [0.29, 0.717) is 6.42 Å². The van der Waals surface area contributed by atoms with Crippen LogP contribution in [0, 0.1) is 0 Å². The Balaban J connectivity index is 2.34. The molecule has 1 aromatic carbocycles. The van der Waals surface area contributed by atoms with Crippen LogP contribution >= 0.6 is 15.9 Å². The first-order valence-electron chi connectivity index (χ1n) is 6.03. The number of allylic oxidation sites excluding steroid dienone is 2. The van der Waals surface area contributed by atoms with Crippen LogP contribution in [-0.2, 0) is 4.74 Å². The molecular formula is C14H18BrN3O. The summed E-state index contributed by atoms with van der Waals surface area (Å²) in [4.78, 5) is 0. The molecule has 0 heterocycles. The molecule has 0 saturated heterocycles. The van der Waals surface area contributed by atoms with Gasteiger partial charge in [0.2, 0.25) is 0 Å². The number of halogens is 1. The molecule has 0 bridgehead atoms. The summed E-state index contributed by atoms with van der Waals surface area (Å²) in [5, 5.41) is 3.11. The maximum absolute atomic E-state index is 5.54. The Morgan fingerprint density at radius 3 is 2.53 bits per heavy atom. The largest absolute Gasteiger partial charge is 0.500 e. The molecule has 1 aliphatic rings. The topological polar surface area (TPSA) is 59.3 Å². The number of hydrazine groups is 1. The molecule has 1 aliphatic carbocycles. The summed E-state index contributed by atoms with van der Waals surface area (Å²) >= 11 is 3.55. The van der Waals surface area contributed by atoms with Crippen molar-refractivity contribution in [2.24, 2.45) is 5.84 Å². The number of benzene rings is 1. The molecule has 4 nitrogen and oxygen atoms in total. The van der Waals surface area contributed by atoms with Crippen LogP contribution in [0.25, 0.3) is 5.57 Å². The second-order valence-electron chi connectivity index (χ2n) is 4.39. The third-order valence-electron chi connectivity index (χ3n) is 3.20. The Labute approximate surface area is 121 Å². The van der Waals surface area contributed by atoms with E-state index in [1.807, 2.05) is 31.3 Å². The van der Waals surface area contributed by atoms with E-state index in [1.165, 1.54) is 0 Å². The summed E-state index contributed by atoms with van der Waals surface area (Å²) in [6.45, 7) is 0. The van der Waals surface area contributed by atoms with Gasteiger partial charge in [-0.25, -0.2) is 5.43 Å². The molecule has 0 aliphatic heterocycles. The van der Waals surface area contributed by atoms with Crippen molar-refractivity contribution in [3.63, 3.8) is 0 Å². The normalized spacial score (nSPS) is 22.5. The molecule has 0 amide bonds. The highest BCUT2D eigenvalue weighted by molar-refractivity contribution is 9.10. The number of alkyl halides is 1. The first-order valence-corrected chi connectivity index (χ1v) is 6.82. The van der Waals surface area contributed by atoms with Gasteiger partial charge >= 0.3 is 0 Å². The fourth-order valence-electron chi connectivity index (χ4n) is 2.05. The number of nitrogens with one attached hydrogen (secondary N) is 2. The fourth-order valence-corrected chi connectivity index (χ4v) is 2.44. The van der Waals surface area contributed by atoms with Crippen molar-refractivity contribution in [2.75, 3.05) is 19.5 Å². The highest BCUT2D eigenvalue weighted by Gasteiger charge is 2.29. The van der Waals surface area contributed by atoms with Crippen LogP contribution in [0.5, 0.6) is 0 Å². The summed E-state index contributed by atoms with van der Waals surface area (Å²) in [7, 11) is 3.59. The molecule has 19 heavy (non-hydrogen) atoms. The van der Waals surface area contributed by atoms with E-state index in [9.17, 15) is 0 Å². The lowest BCUT2D eigenvalue weighted by Crippen LogP contribution is -2.43. The van der Waals surface area contributed by atoms with Crippen molar-refractivity contribution >= 4 is 27.2 Å². The van der Waals surface area contributed by atoms with E-state index in [2.05, 4.69) is 38.8 Å². The SMILES string of the molecule is CNc1ccc(C2=C(OC)CC(Br)(NN)C=C2)cc1. The molecule has 1 atom stereocenters. The first kappa shape index (κ1) is 14.1. The molecule has 102 valence electrons. The molecule has 2 rings (SSSR count). The lowest BCUT2D eigenvalue weighted by atomic mass is 9.95. The highest BCUT2D eigenvalue weighted by atomic mass is 79.9. The number of ether oxygens (including phenoxy) is 1. The van der Waals surface area contributed by atoms with Gasteiger partial charge in [-0.3, -0.25) is 5.84 Å². The molecule has 0 radical (unpaired) electrons. The van der Waals surface area contributed by atoms with Gasteiger partial charge in [-0.2, -0.15) is 0 Å². The van der Waals surface area contributed by atoms with Gasteiger partial charge in [0.15, 0.2) is 0 Å². The molecule has 0 fully saturated rings. The summed E-state index contributed by atoms with van der Waals surface area (Å²) in [6.07, 6.45) is 4.67. The highest BCUT2D eigenvalue weighted by Crippen LogP contribution is 2.36. The van der Waals surface area contributed by atoms with Gasteiger partial charge < -0.3 is 10.1 Å². The van der Waals surface area contributed by atoms with E-state index in [-0.39, 0.29) is 0 Å². The zero-order chi connectivity index (χ0) is 13.9. The minimum Gasteiger partial charge on any atom is -0.500 e. The van der Waals surface area contributed by atoms with Crippen molar-refractivity contribution in [1.29, 1.82) is 0 Å². The van der Waals surface area contributed by atoms with Gasteiger partial charge in [-0.15, -0.1) is 0 Å². The van der Waals surface area contributed by atoms with Gasteiger partial charge in [0.25, 0.3) is 0 Å². The standard InChI is InChI=1S/C14H18BrN3O/c1-17-11-5-3-10(4-6-11)12-7-8-14(15,18-16)9-13(12)19-2/h3-8,17-18H,9,16H2,1-2H3. The Bertz CT molecular complexity index is 510. The van der Waals surface area contributed by atoms with Crippen molar-refractivity contribution in [2.45, 2.75) is 10.9 Å². The van der Waals surface area contributed by atoms with E-state index in [1.54, 1.807) is 7.11 Å². The van der Waals surface area contributed by atoms with E-state index in [0.717, 1.165) is 22.6 Å². The molecule has 1 aromatic rings. The number of methoxy groups -OCH3 is 1. The second-order valence-corrected chi connectivity index (χ2v) is 5.80. The Kier molecular flexibility index (Phi) is 4.29. The van der Waals surface area contributed by atoms with Crippen molar-refractivity contribution in [1.82, 2.24) is 5.43 Å². The monoisotopic (exact) mass is 323 g/mol. The summed E-state index contributed by atoms with van der Waals surface area (Å²) in [5.41, 5.74) is 6.03. The number of hydrogen-bond donors (Lipinski definition) is 3.